The molecule has 1 aliphatic heterocycles. The Morgan fingerprint density at radius 3 is 2.39 bits per heavy atom. The first-order chi connectivity index (χ1) is 8.50. The summed E-state index contributed by atoms with van der Waals surface area (Å²) in [4.78, 5) is 7.14. The van der Waals surface area contributed by atoms with Crippen LogP contribution in [0.4, 0.5) is 5.82 Å². The summed E-state index contributed by atoms with van der Waals surface area (Å²) in [6, 6.07) is 4.05. The van der Waals surface area contributed by atoms with Crippen LogP contribution in [0.3, 0.4) is 0 Å². The third-order valence-corrected chi connectivity index (χ3v) is 3.50. The molecule has 1 aromatic heterocycles. The van der Waals surface area contributed by atoms with Crippen LogP contribution in [0, 0.1) is 0 Å². The van der Waals surface area contributed by atoms with Crippen molar-refractivity contribution in [3.05, 3.63) is 23.4 Å². The van der Waals surface area contributed by atoms with Crippen molar-refractivity contribution in [2.75, 3.05) is 18.0 Å². The first-order valence-corrected chi connectivity index (χ1v) is 6.88. The predicted octanol–water partition coefficient (Wildman–Crippen LogP) is 2.86. The van der Waals surface area contributed by atoms with Crippen molar-refractivity contribution in [1.82, 2.24) is 4.98 Å². The fourth-order valence-electron chi connectivity index (χ4n) is 2.33. The predicted molar refractivity (Wildman–Crippen MR) is 74.9 cm³/mol. The van der Waals surface area contributed by atoms with Crippen LogP contribution < -0.4 is 4.90 Å². The van der Waals surface area contributed by atoms with Crippen molar-refractivity contribution in [3.63, 3.8) is 0 Å². The van der Waals surface area contributed by atoms with E-state index in [1.165, 1.54) is 19.3 Å². The van der Waals surface area contributed by atoms with Crippen LogP contribution in [-0.4, -0.2) is 23.2 Å². The SMILES string of the molecule is CC(C)(C)c1cc(CO)cc(N2CCCCC2)n1. The van der Waals surface area contributed by atoms with Gasteiger partial charge in [0.1, 0.15) is 5.82 Å². The van der Waals surface area contributed by atoms with Crippen LogP contribution in [0.25, 0.3) is 0 Å². The van der Waals surface area contributed by atoms with Crippen molar-refractivity contribution in [2.24, 2.45) is 0 Å². The number of aliphatic hydroxyl groups is 1. The molecule has 3 heteroatoms. The van der Waals surface area contributed by atoms with Crippen molar-refractivity contribution < 1.29 is 5.11 Å². The molecule has 1 fully saturated rings. The minimum absolute atomic E-state index is 0.0235. The van der Waals surface area contributed by atoms with Crippen molar-refractivity contribution >= 4 is 5.82 Å². The second-order valence-electron chi connectivity index (χ2n) is 6.17. The summed E-state index contributed by atoms with van der Waals surface area (Å²) in [5.41, 5.74) is 2.06. The van der Waals surface area contributed by atoms with E-state index in [9.17, 15) is 5.11 Å². The lowest BCUT2D eigenvalue weighted by atomic mass is 9.90. The molecule has 0 saturated carbocycles. The Bertz CT molecular complexity index is 403. The fraction of sp³-hybridized carbons (Fsp3) is 0.667. The van der Waals surface area contributed by atoms with Gasteiger partial charge in [0.05, 0.1) is 6.61 Å². The van der Waals surface area contributed by atoms with Gasteiger partial charge in [0.25, 0.3) is 0 Å². The molecule has 1 aliphatic rings. The Morgan fingerprint density at radius 1 is 1.17 bits per heavy atom. The monoisotopic (exact) mass is 248 g/mol. The zero-order valence-electron chi connectivity index (χ0n) is 11.7. The van der Waals surface area contributed by atoms with E-state index in [0.717, 1.165) is 30.2 Å². The standard InChI is InChI=1S/C15H24N2O/c1-15(2,3)13-9-12(11-18)10-14(16-13)17-7-5-4-6-8-17/h9-10,18H,4-8,11H2,1-3H3. The molecule has 0 amide bonds. The maximum atomic E-state index is 9.40. The summed E-state index contributed by atoms with van der Waals surface area (Å²) < 4.78 is 0. The van der Waals surface area contributed by atoms with Gasteiger partial charge < -0.3 is 10.0 Å². The molecular formula is C15H24N2O. The molecular weight excluding hydrogens is 224 g/mol. The molecule has 1 saturated heterocycles. The number of hydrogen-bond donors (Lipinski definition) is 1. The molecule has 0 unspecified atom stereocenters. The first kappa shape index (κ1) is 13.3. The molecule has 2 heterocycles. The van der Waals surface area contributed by atoms with Crippen molar-refractivity contribution in [1.29, 1.82) is 0 Å². The highest BCUT2D eigenvalue weighted by Gasteiger charge is 2.19. The first-order valence-electron chi connectivity index (χ1n) is 6.88. The van der Waals surface area contributed by atoms with Gasteiger partial charge in [-0.05, 0) is 37.0 Å². The maximum Gasteiger partial charge on any atom is 0.129 e. The van der Waals surface area contributed by atoms with E-state index >= 15 is 0 Å². The molecule has 2 rings (SSSR count). The number of pyridine rings is 1. The van der Waals surface area contributed by atoms with Crippen LogP contribution >= 0.6 is 0 Å². The Hall–Kier alpha value is -1.09. The van der Waals surface area contributed by atoms with E-state index in [4.69, 9.17) is 4.98 Å². The average Bonchev–Trinajstić information content (AvgIpc) is 2.38. The molecule has 18 heavy (non-hydrogen) atoms. The largest absolute Gasteiger partial charge is 0.392 e. The lowest BCUT2D eigenvalue weighted by Gasteiger charge is -2.29. The van der Waals surface area contributed by atoms with Gasteiger partial charge >= 0.3 is 0 Å². The molecule has 1 aromatic rings. The molecule has 0 spiro atoms. The van der Waals surface area contributed by atoms with Gasteiger partial charge in [-0.2, -0.15) is 0 Å². The molecule has 0 bridgehead atoms. The highest BCUT2D eigenvalue weighted by atomic mass is 16.3. The molecule has 0 radical (unpaired) electrons. The van der Waals surface area contributed by atoms with Crippen LogP contribution in [0.5, 0.6) is 0 Å². The van der Waals surface area contributed by atoms with E-state index in [2.05, 4.69) is 25.7 Å². The molecule has 1 N–H and O–H groups in total. The Kier molecular flexibility index (Phi) is 3.91. The summed E-state index contributed by atoms with van der Waals surface area (Å²) in [6.45, 7) is 8.76. The van der Waals surface area contributed by atoms with Gasteiger partial charge in [-0.1, -0.05) is 20.8 Å². The quantitative estimate of drug-likeness (QED) is 0.874. The zero-order valence-corrected chi connectivity index (χ0v) is 11.7. The van der Waals surface area contributed by atoms with Gasteiger partial charge in [0.2, 0.25) is 0 Å². The topological polar surface area (TPSA) is 36.4 Å². The van der Waals surface area contributed by atoms with Crippen molar-refractivity contribution in [2.45, 2.75) is 52.1 Å². The average molecular weight is 248 g/mol. The molecule has 0 aliphatic carbocycles. The third-order valence-electron chi connectivity index (χ3n) is 3.50. The van der Waals surface area contributed by atoms with Crippen LogP contribution in [0.2, 0.25) is 0 Å². The third kappa shape index (κ3) is 3.02. The fourth-order valence-corrected chi connectivity index (χ4v) is 2.33. The van der Waals surface area contributed by atoms with E-state index in [1.807, 2.05) is 12.1 Å². The number of anilines is 1. The highest BCUT2D eigenvalue weighted by Crippen LogP contribution is 2.26. The Labute approximate surface area is 110 Å². The van der Waals surface area contributed by atoms with Gasteiger partial charge in [0.15, 0.2) is 0 Å². The number of nitrogens with zero attached hydrogens (tertiary/aromatic N) is 2. The number of aromatic nitrogens is 1. The van der Waals surface area contributed by atoms with Gasteiger partial charge in [-0.15, -0.1) is 0 Å². The zero-order chi connectivity index (χ0) is 13.2. The summed E-state index contributed by atoms with van der Waals surface area (Å²) >= 11 is 0. The highest BCUT2D eigenvalue weighted by molar-refractivity contribution is 5.44. The lowest BCUT2D eigenvalue weighted by molar-refractivity contribution is 0.281. The number of rotatable bonds is 2. The number of aliphatic hydroxyl groups excluding tert-OH is 1. The van der Waals surface area contributed by atoms with E-state index in [1.54, 1.807) is 0 Å². The second kappa shape index (κ2) is 5.27. The van der Waals surface area contributed by atoms with Gasteiger partial charge in [-0.25, -0.2) is 4.98 Å². The number of piperidine rings is 1. The summed E-state index contributed by atoms with van der Waals surface area (Å²) in [6.07, 6.45) is 3.81. The second-order valence-corrected chi connectivity index (χ2v) is 6.17. The summed E-state index contributed by atoms with van der Waals surface area (Å²) in [5, 5.41) is 9.40. The maximum absolute atomic E-state index is 9.40. The minimum atomic E-state index is 0.0235. The Morgan fingerprint density at radius 2 is 1.83 bits per heavy atom. The molecule has 0 aromatic carbocycles. The Balaban J connectivity index is 2.34. The molecule has 100 valence electrons. The van der Waals surface area contributed by atoms with Crippen LogP contribution in [0.1, 0.15) is 51.3 Å². The summed E-state index contributed by atoms with van der Waals surface area (Å²) in [7, 11) is 0. The summed E-state index contributed by atoms with van der Waals surface area (Å²) in [5.74, 6) is 1.03. The van der Waals surface area contributed by atoms with Crippen LogP contribution in [0.15, 0.2) is 12.1 Å². The smallest absolute Gasteiger partial charge is 0.129 e. The van der Waals surface area contributed by atoms with E-state index < -0.39 is 0 Å². The molecule has 3 nitrogen and oxygen atoms in total. The normalized spacial score (nSPS) is 17.0. The van der Waals surface area contributed by atoms with E-state index in [-0.39, 0.29) is 12.0 Å². The minimum Gasteiger partial charge on any atom is -0.392 e. The van der Waals surface area contributed by atoms with E-state index in [0.29, 0.717) is 0 Å². The number of hydrogen-bond acceptors (Lipinski definition) is 3. The van der Waals surface area contributed by atoms with Crippen molar-refractivity contribution in [3.8, 4) is 0 Å². The molecule has 0 atom stereocenters. The van der Waals surface area contributed by atoms with Gasteiger partial charge in [-0.3, -0.25) is 0 Å². The van der Waals surface area contributed by atoms with Gasteiger partial charge in [0, 0.05) is 24.2 Å². The lowest BCUT2D eigenvalue weighted by Crippen LogP contribution is -2.31. The van der Waals surface area contributed by atoms with Crippen LogP contribution in [-0.2, 0) is 12.0 Å².